The Morgan fingerprint density at radius 1 is 1.00 bits per heavy atom. The third kappa shape index (κ3) is 2.46. The number of aliphatic hydroxyl groups is 1. The van der Waals surface area contributed by atoms with Gasteiger partial charge in [0.2, 0.25) is 0 Å². The monoisotopic (exact) mass is 244 g/mol. The van der Waals surface area contributed by atoms with E-state index in [2.05, 4.69) is 0 Å². The summed E-state index contributed by atoms with van der Waals surface area (Å²) in [5.41, 5.74) is 2.88. The lowest BCUT2D eigenvalue weighted by Crippen LogP contribution is -1.91. The zero-order valence-corrected chi connectivity index (χ0v) is 10.5. The number of rotatable bonds is 4. The summed E-state index contributed by atoms with van der Waals surface area (Å²) in [5, 5.41) is 9.17. The predicted octanol–water partition coefficient (Wildman–Crippen LogP) is 2.86. The second-order valence-electron chi connectivity index (χ2n) is 3.92. The highest BCUT2D eigenvalue weighted by Gasteiger charge is 2.07. The van der Waals surface area contributed by atoms with Crippen molar-refractivity contribution in [2.45, 2.75) is 6.61 Å². The maximum Gasteiger partial charge on any atom is 0.130 e. The van der Waals surface area contributed by atoms with Gasteiger partial charge in [0, 0.05) is 11.6 Å². The molecule has 94 valence electrons. The number of ether oxygens (including phenoxy) is 2. The number of hydrogen-bond acceptors (Lipinski definition) is 3. The van der Waals surface area contributed by atoms with Gasteiger partial charge in [-0.25, -0.2) is 0 Å². The maximum absolute atomic E-state index is 9.17. The Morgan fingerprint density at radius 2 is 1.83 bits per heavy atom. The van der Waals surface area contributed by atoms with Crippen LogP contribution < -0.4 is 9.47 Å². The zero-order valence-electron chi connectivity index (χ0n) is 10.5. The Bertz CT molecular complexity index is 535. The summed E-state index contributed by atoms with van der Waals surface area (Å²) in [6.07, 6.45) is 0. The van der Waals surface area contributed by atoms with Crippen LogP contribution in [-0.2, 0) is 6.61 Å². The largest absolute Gasteiger partial charge is 0.497 e. The Hall–Kier alpha value is -2.00. The van der Waals surface area contributed by atoms with Crippen molar-refractivity contribution in [3.05, 3.63) is 48.0 Å². The van der Waals surface area contributed by atoms with E-state index >= 15 is 0 Å². The van der Waals surface area contributed by atoms with E-state index in [0.717, 1.165) is 28.2 Å². The quantitative estimate of drug-likeness (QED) is 0.898. The van der Waals surface area contributed by atoms with Gasteiger partial charge in [0.15, 0.2) is 0 Å². The van der Waals surface area contributed by atoms with Crippen LogP contribution in [0, 0.1) is 0 Å². The molecule has 0 heterocycles. The summed E-state index contributed by atoms with van der Waals surface area (Å²) in [7, 11) is 3.26. The Morgan fingerprint density at radius 3 is 2.50 bits per heavy atom. The standard InChI is InChI=1S/C15H16O3/c1-17-13-6-7-14(15(9-13)18-2)12-5-3-4-11(8-12)10-16/h3-9,16H,10H2,1-2H3. The molecule has 0 aromatic heterocycles. The minimum Gasteiger partial charge on any atom is -0.497 e. The van der Waals surface area contributed by atoms with Crippen LogP contribution in [0.2, 0.25) is 0 Å². The average molecular weight is 244 g/mol. The van der Waals surface area contributed by atoms with Gasteiger partial charge in [-0.1, -0.05) is 18.2 Å². The fourth-order valence-electron chi connectivity index (χ4n) is 1.87. The maximum atomic E-state index is 9.17. The van der Waals surface area contributed by atoms with E-state index in [0.29, 0.717) is 0 Å². The van der Waals surface area contributed by atoms with Gasteiger partial charge in [-0.2, -0.15) is 0 Å². The second kappa shape index (κ2) is 5.56. The summed E-state index contributed by atoms with van der Waals surface area (Å²) in [6, 6.07) is 13.4. The van der Waals surface area contributed by atoms with E-state index < -0.39 is 0 Å². The van der Waals surface area contributed by atoms with Crippen LogP contribution in [0.5, 0.6) is 11.5 Å². The van der Waals surface area contributed by atoms with E-state index in [9.17, 15) is 0 Å². The number of aliphatic hydroxyl groups excluding tert-OH is 1. The van der Waals surface area contributed by atoms with Crippen molar-refractivity contribution >= 4 is 0 Å². The minimum atomic E-state index is 0.0340. The topological polar surface area (TPSA) is 38.7 Å². The van der Waals surface area contributed by atoms with Crippen molar-refractivity contribution < 1.29 is 14.6 Å². The lowest BCUT2D eigenvalue weighted by atomic mass is 10.0. The molecule has 0 unspecified atom stereocenters. The molecule has 0 saturated heterocycles. The van der Waals surface area contributed by atoms with E-state index in [4.69, 9.17) is 14.6 Å². The van der Waals surface area contributed by atoms with Crippen molar-refractivity contribution in [2.24, 2.45) is 0 Å². The molecular weight excluding hydrogens is 228 g/mol. The summed E-state index contributed by atoms with van der Waals surface area (Å²) < 4.78 is 10.5. The molecule has 2 aromatic carbocycles. The molecular formula is C15H16O3. The first-order valence-corrected chi connectivity index (χ1v) is 5.70. The Kier molecular flexibility index (Phi) is 3.85. The van der Waals surface area contributed by atoms with Gasteiger partial charge in [-0.3, -0.25) is 0 Å². The normalized spacial score (nSPS) is 10.2. The van der Waals surface area contributed by atoms with Crippen molar-refractivity contribution in [3.8, 4) is 22.6 Å². The van der Waals surface area contributed by atoms with Crippen LogP contribution >= 0.6 is 0 Å². The third-order valence-corrected chi connectivity index (χ3v) is 2.83. The average Bonchev–Trinajstić information content (AvgIpc) is 2.46. The molecule has 0 saturated carbocycles. The SMILES string of the molecule is COc1ccc(-c2cccc(CO)c2)c(OC)c1. The lowest BCUT2D eigenvalue weighted by molar-refractivity contribution is 0.282. The third-order valence-electron chi connectivity index (χ3n) is 2.83. The number of methoxy groups -OCH3 is 2. The summed E-state index contributed by atoms with van der Waals surface area (Å²) in [5.74, 6) is 1.51. The van der Waals surface area contributed by atoms with Crippen LogP contribution in [0.4, 0.5) is 0 Å². The van der Waals surface area contributed by atoms with Gasteiger partial charge in [0.1, 0.15) is 11.5 Å². The smallest absolute Gasteiger partial charge is 0.130 e. The number of hydrogen-bond donors (Lipinski definition) is 1. The van der Waals surface area contributed by atoms with Crippen LogP contribution in [0.25, 0.3) is 11.1 Å². The molecule has 0 aliphatic rings. The van der Waals surface area contributed by atoms with Crippen LogP contribution in [-0.4, -0.2) is 19.3 Å². The summed E-state index contributed by atoms with van der Waals surface area (Å²) in [4.78, 5) is 0. The molecule has 2 rings (SSSR count). The van der Waals surface area contributed by atoms with Crippen LogP contribution in [0.1, 0.15) is 5.56 Å². The van der Waals surface area contributed by atoms with Crippen molar-refractivity contribution in [1.82, 2.24) is 0 Å². The first-order valence-electron chi connectivity index (χ1n) is 5.70. The summed E-state index contributed by atoms with van der Waals surface area (Å²) >= 11 is 0. The highest BCUT2D eigenvalue weighted by atomic mass is 16.5. The van der Waals surface area contributed by atoms with E-state index in [1.165, 1.54) is 0 Å². The van der Waals surface area contributed by atoms with Gasteiger partial charge >= 0.3 is 0 Å². The summed E-state index contributed by atoms with van der Waals surface area (Å²) in [6.45, 7) is 0.0340. The molecule has 0 aliphatic carbocycles. The van der Waals surface area contributed by atoms with Crippen LogP contribution in [0.3, 0.4) is 0 Å². The molecule has 3 nitrogen and oxygen atoms in total. The molecule has 0 amide bonds. The fraction of sp³-hybridized carbons (Fsp3) is 0.200. The molecule has 0 spiro atoms. The molecule has 3 heteroatoms. The first kappa shape index (κ1) is 12.5. The lowest BCUT2D eigenvalue weighted by Gasteiger charge is -2.11. The minimum absolute atomic E-state index is 0.0340. The Balaban J connectivity index is 2.48. The Labute approximate surface area is 107 Å². The molecule has 0 radical (unpaired) electrons. The van der Waals surface area contributed by atoms with Gasteiger partial charge in [0.25, 0.3) is 0 Å². The highest BCUT2D eigenvalue weighted by molar-refractivity contribution is 5.72. The van der Waals surface area contributed by atoms with E-state index in [1.54, 1.807) is 14.2 Å². The molecule has 1 N–H and O–H groups in total. The van der Waals surface area contributed by atoms with Crippen LogP contribution in [0.15, 0.2) is 42.5 Å². The van der Waals surface area contributed by atoms with Gasteiger partial charge < -0.3 is 14.6 Å². The predicted molar refractivity (Wildman–Crippen MR) is 70.9 cm³/mol. The van der Waals surface area contributed by atoms with Gasteiger partial charge in [-0.15, -0.1) is 0 Å². The molecule has 0 aliphatic heterocycles. The van der Waals surface area contributed by atoms with E-state index in [1.807, 2.05) is 42.5 Å². The first-order chi connectivity index (χ1) is 8.78. The fourth-order valence-corrected chi connectivity index (χ4v) is 1.87. The molecule has 18 heavy (non-hydrogen) atoms. The van der Waals surface area contributed by atoms with Crippen molar-refractivity contribution in [2.75, 3.05) is 14.2 Å². The van der Waals surface area contributed by atoms with E-state index in [-0.39, 0.29) is 6.61 Å². The van der Waals surface area contributed by atoms with Gasteiger partial charge in [-0.05, 0) is 29.3 Å². The van der Waals surface area contributed by atoms with Crippen molar-refractivity contribution in [3.63, 3.8) is 0 Å². The second-order valence-corrected chi connectivity index (χ2v) is 3.92. The molecule has 2 aromatic rings. The molecule has 0 bridgehead atoms. The zero-order chi connectivity index (χ0) is 13.0. The van der Waals surface area contributed by atoms with Gasteiger partial charge in [0.05, 0.1) is 20.8 Å². The molecule has 0 fully saturated rings. The molecule has 0 atom stereocenters. The number of benzene rings is 2. The highest BCUT2D eigenvalue weighted by Crippen LogP contribution is 2.33. The van der Waals surface area contributed by atoms with Crippen molar-refractivity contribution in [1.29, 1.82) is 0 Å².